The molecule has 0 aromatic heterocycles. The molecule has 0 spiro atoms. The molecule has 21 heavy (non-hydrogen) atoms. The van der Waals surface area contributed by atoms with Crippen molar-refractivity contribution in [2.24, 2.45) is 0 Å². The molecular weight excluding hydrogens is 274 g/mol. The first-order valence-electron chi connectivity index (χ1n) is 7.46. The van der Waals surface area contributed by atoms with Crippen molar-refractivity contribution in [2.45, 2.75) is 71.1 Å². The monoisotopic (exact) mass is 301 g/mol. The first kappa shape index (κ1) is 16.5. The molecule has 6 heteroatoms. The maximum atomic E-state index is 12.3. The van der Waals surface area contributed by atoms with Gasteiger partial charge in [0.05, 0.1) is 31.5 Å². The summed E-state index contributed by atoms with van der Waals surface area (Å²) in [6.07, 6.45) is 0.259. The summed E-state index contributed by atoms with van der Waals surface area (Å²) in [5.74, 6) is -0.540. The highest BCUT2D eigenvalue weighted by atomic mass is 16.7. The summed E-state index contributed by atoms with van der Waals surface area (Å²) in [5, 5.41) is 0. The van der Waals surface area contributed by atoms with Crippen LogP contribution in [0.1, 0.15) is 48.0 Å². The zero-order valence-electron chi connectivity index (χ0n) is 13.9. The first-order chi connectivity index (χ1) is 9.54. The standard InChI is InChI=1S/C15H27NO5/c1-13(2)10-20-14(3,4)16(13)12(17)18-8-7-11-9-19-15(5,6)21-11/h11H,7-10H2,1-6H3/t11-/m1/s1. The van der Waals surface area contributed by atoms with E-state index in [9.17, 15) is 4.79 Å². The Morgan fingerprint density at radius 1 is 1.19 bits per heavy atom. The minimum atomic E-state index is -0.643. The molecular formula is C15H27NO5. The molecule has 2 heterocycles. The average molecular weight is 301 g/mol. The fourth-order valence-electron chi connectivity index (χ4n) is 2.93. The number of ether oxygens (including phenoxy) is 4. The molecule has 0 radical (unpaired) electrons. The highest BCUT2D eigenvalue weighted by Crippen LogP contribution is 2.35. The maximum absolute atomic E-state index is 12.3. The zero-order chi connectivity index (χ0) is 15.9. The van der Waals surface area contributed by atoms with Gasteiger partial charge in [0, 0.05) is 6.42 Å². The second kappa shape index (κ2) is 5.41. The van der Waals surface area contributed by atoms with Crippen LogP contribution in [0, 0.1) is 0 Å². The lowest BCUT2D eigenvalue weighted by Gasteiger charge is -2.36. The minimum absolute atomic E-state index is 0.0244. The van der Waals surface area contributed by atoms with Crippen LogP contribution in [-0.2, 0) is 18.9 Å². The Morgan fingerprint density at radius 2 is 1.86 bits per heavy atom. The van der Waals surface area contributed by atoms with Crippen LogP contribution in [-0.4, -0.2) is 54.0 Å². The van der Waals surface area contributed by atoms with Crippen LogP contribution in [0.3, 0.4) is 0 Å². The molecule has 6 nitrogen and oxygen atoms in total. The van der Waals surface area contributed by atoms with Crippen molar-refractivity contribution in [3.63, 3.8) is 0 Å². The molecule has 122 valence electrons. The lowest BCUT2D eigenvalue weighted by molar-refractivity contribution is -0.139. The second-order valence-electron chi connectivity index (χ2n) is 7.24. The molecule has 0 aliphatic carbocycles. The molecule has 0 bridgehead atoms. The second-order valence-corrected chi connectivity index (χ2v) is 7.24. The van der Waals surface area contributed by atoms with Gasteiger partial charge in [-0.05, 0) is 41.5 Å². The van der Waals surface area contributed by atoms with E-state index >= 15 is 0 Å². The van der Waals surface area contributed by atoms with E-state index in [1.54, 1.807) is 4.90 Å². The Bertz CT molecular complexity index is 389. The fraction of sp³-hybridized carbons (Fsp3) is 0.933. The molecule has 0 unspecified atom stereocenters. The number of nitrogens with zero attached hydrogens (tertiary/aromatic N) is 1. The minimum Gasteiger partial charge on any atom is -0.449 e. The highest BCUT2D eigenvalue weighted by molar-refractivity contribution is 5.69. The topological polar surface area (TPSA) is 57.2 Å². The van der Waals surface area contributed by atoms with Gasteiger partial charge in [-0.15, -0.1) is 0 Å². The third kappa shape index (κ3) is 3.67. The number of rotatable bonds is 3. The molecule has 1 amide bonds. The summed E-state index contributed by atoms with van der Waals surface area (Å²) in [5.41, 5.74) is -1.01. The van der Waals surface area contributed by atoms with Gasteiger partial charge in [-0.2, -0.15) is 0 Å². The number of hydrogen-bond acceptors (Lipinski definition) is 5. The van der Waals surface area contributed by atoms with Crippen molar-refractivity contribution < 1.29 is 23.7 Å². The van der Waals surface area contributed by atoms with Gasteiger partial charge in [0.2, 0.25) is 0 Å². The first-order valence-corrected chi connectivity index (χ1v) is 7.46. The van der Waals surface area contributed by atoms with Crippen LogP contribution in [0.25, 0.3) is 0 Å². The van der Waals surface area contributed by atoms with Crippen molar-refractivity contribution in [3.05, 3.63) is 0 Å². The summed E-state index contributed by atoms with van der Waals surface area (Å²) in [4.78, 5) is 14.0. The van der Waals surface area contributed by atoms with Gasteiger partial charge in [0.1, 0.15) is 5.72 Å². The Hall–Kier alpha value is -0.850. The Kier molecular flexibility index (Phi) is 4.26. The van der Waals surface area contributed by atoms with E-state index in [1.807, 2.05) is 41.5 Å². The van der Waals surface area contributed by atoms with Crippen molar-refractivity contribution in [3.8, 4) is 0 Å². The predicted octanol–water partition coefficient (Wildman–Crippen LogP) is 2.51. The summed E-state index contributed by atoms with van der Waals surface area (Å²) < 4.78 is 22.2. The van der Waals surface area contributed by atoms with E-state index in [-0.39, 0.29) is 17.7 Å². The SMILES string of the molecule is CC1(C)OC[C@@H](CCOC(=O)N2C(C)(C)COC2(C)C)O1. The number of carbonyl (C=O) groups excluding carboxylic acids is 1. The molecule has 0 N–H and O–H groups in total. The van der Waals surface area contributed by atoms with Gasteiger partial charge in [-0.25, -0.2) is 4.79 Å². The van der Waals surface area contributed by atoms with E-state index in [2.05, 4.69) is 0 Å². The number of hydrogen-bond donors (Lipinski definition) is 0. The van der Waals surface area contributed by atoms with Crippen LogP contribution in [0.5, 0.6) is 0 Å². The highest BCUT2D eigenvalue weighted by Gasteiger charge is 2.49. The molecule has 1 atom stereocenters. The van der Waals surface area contributed by atoms with E-state index in [0.29, 0.717) is 26.2 Å². The quantitative estimate of drug-likeness (QED) is 0.801. The summed E-state index contributed by atoms with van der Waals surface area (Å²) >= 11 is 0. The summed E-state index contributed by atoms with van der Waals surface area (Å²) in [7, 11) is 0. The lowest BCUT2D eigenvalue weighted by atomic mass is 10.0. The normalized spacial score (nSPS) is 29.6. The third-order valence-corrected chi connectivity index (χ3v) is 3.84. The van der Waals surface area contributed by atoms with Crippen molar-refractivity contribution in [2.75, 3.05) is 19.8 Å². The van der Waals surface area contributed by atoms with Crippen LogP contribution in [0.4, 0.5) is 4.79 Å². The van der Waals surface area contributed by atoms with Gasteiger partial charge in [-0.3, -0.25) is 4.90 Å². The molecule has 2 rings (SSSR count). The Labute approximate surface area is 126 Å². The van der Waals surface area contributed by atoms with Gasteiger partial charge >= 0.3 is 6.09 Å². The van der Waals surface area contributed by atoms with Crippen LogP contribution in [0.2, 0.25) is 0 Å². The Morgan fingerprint density at radius 3 is 2.33 bits per heavy atom. The van der Waals surface area contributed by atoms with Crippen molar-refractivity contribution in [1.82, 2.24) is 4.90 Å². The third-order valence-electron chi connectivity index (χ3n) is 3.84. The Balaban J connectivity index is 1.82. The van der Waals surface area contributed by atoms with E-state index in [4.69, 9.17) is 18.9 Å². The summed E-state index contributed by atoms with van der Waals surface area (Å²) in [6, 6.07) is 0. The molecule has 0 aromatic carbocycles. The number of amides is 1. The van der Waals surface area contributed by atoms with Crippen LogP contribution < -0.4 is 0 Å². The average Bonchev–Trinajstić information content (AvgIpc) is 2.76. The van der Waals surface area contributed by atoms with E-state index in [1.165, 1.54) is 0 Å². The van der Waals surface area contributed by atoms with E-state index in [0.717, 1.165) is 0 Å². The smallest absolute Gasteiger partial charge is 0.412 e. The molecule has 0 aromatic rings. The zero-order valence-corrected chi connectivity index (χ0v) is 13.9. The molecule has 2 saturated heterocycles. The molecule has 2 aliphatic rings. The van der Waals surface area contributed by atoms with Crippen molar-refractivity contribution >= 4 is 6.09 Å². The van der Waals surface area contributed by atoms with Gasteiger partial charge in [0.25, 0.3) is 0 Å². The van der Waals surface area contributed by atoms with Gasteiger partial charge in [-0.1, -0.05) is 0 Å². The number of carbonyl (C=O) groups is 1. The van der Waals surface area contributed by atoms with Gasteiger partial charge in [0.15, 0.2) is 5.79 Å². The van der Waals surface area contributed by atoms with Gasteiger partial charge < -0.3 is 18.9 Å². The lowest BCUT2D eigenvalue weighted by Crippen LogP contribution is -2.53. The fourth-order valence-corrected chi connectivity index (χ4v) is 2.93. The molecule has 0 saturated carbocycles. The molecule has 2 fully saturated rings. The molecule has 2 aliphatic heterocycles. The van der Waals surface area contributed by atoms with Crippen molar-refractivity contribution in [1.29, 1.82) is 0 Å². The predicted molar refractivity (Wildman–Crippen MR) is 76.8 cm³/mol. The maximum Gasteiger partial charge on any atom is 0.412 e. The summed E-state index contributed by atoms with van der Waals surface area (Å²) in [6.45, 7) is 12.8. The van der Waals surface area contributed by atoms with Crippen LogP contribution >= 0.6 is 0 Å². The van der Waals surface area contributed by atoms with Crippen LogP contribution in [0.15, 0.2) is 0 Å². The largest absolute Gasteiger partial charge is 0.449 e. The van der Waals surface area contributed by atoms with E-state index < -0.39 is 11.5 Å².